The Morgan fingerprint density at radius 2 is 1.97 bits per heavy atom. The number of nitrogens with zero attached hydrogens (tertiary/aromatic N) is 1. The molecule has 2 aliphatic carbocycles. The minimum absolute atomic E-state index is 0.0881. The summed E-state index contributed by atoms with van der Waals surface area (Å²) in [4.78, 5) is 41.3. The van der Waals surface area contributed by atoms with Crippen LogP contribution in [0.15, 0.2) is 18.2 Å². The molecule has 9 nitrogen and oxygen atoms in total. The van der Waals surface area contributed by atoms with Crippen molar-refractivity contribution in [1.82, 2.24) is 20.9 Å². The fourth-order valence-corrected chi connectivity index (χ4v) is 5.30. The minimum Gasteiger partial charge on any atom is -0.496 e. The van der Waals surface area contributed by atoms with Crippen molar-refractivity contribution in [2.75, 3.05) is 7.11 Å². The van der Waals surface area contributed by atoms with Crippen LogP contribution in [-0.4, -0.2) is 53.4 Å². The first kappa shape index (κ1) is 25.3. The lowest BCUT2D eigenvalue weighted by Gasteiger charge is -2.21. The molecule has 1 aromatic heterocycles. The smallest absolute Gasteiger partial charge is 0.268 e. The number of aromatic nitrogens is 1. The zero-order valence-corrected chi connectivity index (χ0v) is 20.8. The van der Waals surface area contributed by atoms with E-state index < -0.39 is 41.7 Å². The number of methoxy groups -OCH3 is 1. The van der Waals surface area contributed by atoms with Crippen LogP contribution in [0.1, 0.15) is 49.0 Å². The summed E-state index contributed by atoms with van der Waals surface area (Å²) in [6.07, 6.45) is 1.84. The summed E-state index contributed by atoms with van der Waals surface area (Å²) in [6.45, 7) is 0. The van der Waals surface area contributed by atoms with E-state index >= 15 is 0 Å². The normalized spacial score (nSPS) is 24.1. The number of alkyl halides is 2. The third kappa shape index (κ3) is 5.21. The molecule has 0 bridgehead atoms. The van der Waals surface area contributed by atoms with Gasteiger partial charge >= 0.3 is 0 Å². The Hall–Kier alpha value is -3.39. The molecule has 37 heavy (non-hydrogen) atoms. The van der Waals surface area contributed by atoms with Crippen molar-refractivity contribution in [1.29, 1.82) is 5.26 Å². The highest BCUT2D eigenvalue weighted by molar-refractivity contribution is 6.31. The lowest BCUT2D eigenvalue weighted by atomic mass is 9.95. The summed E-state index contributed by atoms with van der Waals surface area (Å²) in [5.74, 6) is -5.52. The number of H-pyrrole nitrogens is 1. The Morgan fingerprint density at radius 1 is 1.24 bits per heavy atom. The first-order valence-electron chi connectivity index (χ1n) is 12.1. The lowest BCUT2D eigenvalue weighted by Crippen LogP contribution is -2.50. The number of carbonyl (C=O) groups is 3. The van der Waals surface area contributed by atoms with Crippen molar-refractivity contribution in [3.63, 3.8) is 0 Å². The van der Waals surface area contributed by atoms with Crippen LogP contribution in [0.5, 0.6) is 5.75 Å². The van der Waals surface area contributed by atoms with Gasteiger partial charge in [-0.3, -0.25) is 14.4 Å². The Morgan fingerprint density at radius 3 is 2.57 bits per heavy atom. The number of carbonyl (C=O) groups excluding carboxylic acids is 3. The molecular formula is C25H26ClF2N5O4. The molecule has 1 saturated heterocycles. The Balaban J connectivity index is 1.29. The second-order valence-corrected chi connectivity index (χ2v) is 10.7. The van der Waals surface area contributed by atoms with Gasteiger partial charge in [-0.05, 0) is 50.3 Å². The molecule has 3 aliphatic rings. The van der Waals surface area contributed by atoms with Gasteiger partial charge in [0.25, 0.3) is 11.8 Å². The van der Waals surface area contributed by atoms with Gasteiger partial charge in [0, 0.05) is 34.2 Å². The summed E-state index contributed by atoms with van der Waals surface area (Å²) in [7, 11) is 1.46. The Labute approximate surface area is 216 Å². The topological polar surface area (TPSA) is 136 Å². The molecule has 4 N–H and O–H groups in total. The van der Waals surface area contributed by atoms with E-state index in [1.807, 2.05) is 6.07 Å². The number of nitrogens with one attached hydrogen (secondary N) is 4. The van der Waals surface area contributed by atoms with E-state index in [-0.39, 0.29) is 36.4 Å². The summed E-state index contributed by atoms with van der Waals surface area (Å²) < 4.78 is 32.7. The van der Waals surface area contributed by atoms with E-state index in [0.29, 0.717) is 28.1 Å². The number of fused-ring (bicyclic) bond motifs is 1. The first-order chi connectivity index (χ1) is 17.5. The predicted octanol–water partition coefficient (Wildman–Crippen LogP) is 3.04. The van der Waals surface area contributed by atoms with Gasteiger partial charge in [0.05, 0.1) is 18.7 Å². The molecule has 0 radical (unpaired) electrons. The Kier molecular flexibility index (Phi) is 6.26. The zero-order valence-electron chi connectivity index (χ0n) is 20.0. The standard InChI is InChI=1S/C25H26ClF2N5O4/c1-37-20-7-14(26)6-17-16(20)8-19(31-17)23(36)32-18(5-13-10-25(13,27)28)22(35)30-15(11-29)4-12-9-24(2-3-24)33-21(12)34/h6-8,12-13,15,18,31H,2-5,9-10H2,1H3,(H,30,35)(H,32,36)(H,33,34). The van der Waals surface area contributed by atoms with E-state index in [1.165, 1.54) is 13.2 Å². The molecule has 1 spiro atoms. The van der Waals surface area contributed by atoms with Crippen LogP contribution in [-0.2, 0) is 9.59 Å². The fraction of sp³-hybridized carbons (Fsp3) is 0.520. The number of ether oxygens (including phenoxy) is 1. The van der Waals surface area contributed by atoms with Crippen LogP contribution < -0.4 is 20.7 Å². The molecule has 4 unspecified atom stereocenters. The first-order valence-corrected chi connectivity index (χ1v) is 12.5. The maximum absolute atomic E-state index is 13.7. The molecular weight excluding hydrogens is 508 g/mol. The molecule has 3 fully saturated rings. The number of hydrogen-bond acceptors (Lipinski definition) is 5. The van der Waals surface area contributed by atoms with Crippen molar-refractivity contribution < 1.29 is 27.9 Å². The van der Waals surface area contributed by atoms with Crippen LogP contribution in [0.3, 0.4) is 0 Å². The van der Waals surface area contributed by atoms with E-state index in [2.05, 4.69) is 20.9 Å². The average molecular weight is 534 g/mol. The largest absolute Gasteiger partial charge is 0.496 e. The molecule has 196 valence electrons. The van der Waals surface area contributed by atoms with Crippen LogP contribution in [0, 0.1) is 23.2 Å². The second kappa shape index (κ2) is 9.17. The lowest BCUT2D eigenvalue weighted by molar-refractivity contribution is -0.125. The number of hydrogen-bond donors (Lipinski definition) is 4. The highest BCUT2D eigenvalue weighted by Gasteiger charge is 2.58. The third-order valence-corrected chi connectivity index (χ3v) is 7.69. The molecule has 5 rings (SSSR count). The summed E-state index contributed by atoms with van der Waals surface area (Å²) in [5, 5.41) is 18.6. The molecule has 2 saturated carbocycles. The van der Waals surface area contributed by atoms with Crippen molar-refractivity contribution in [3.05, 3.63) is 28.9 Å². The molecule has 1 aliphatic heterocycles. The maximum atomic E-state index is 13.7. The number of aromatic amines is 1. The SMILES string of the molecule is COc1cc(Cl)cc2[nH]c(C(=O)NC(CC3CC3(F)F)C(=O)NC(C#N)CC3CC4(CC4)NC3=O)cc12. The molecule has 2 aromatic rings. The summed E-state index contributed by atoms with van der Waals surface area (Å²) >= 11 is 6.08. The van der Waals surface area contributed by atoms with Gasteiger partial charge in [-0.1, -0.05) is 11.6 Å². The van der Waals surface area contributed by atoms with Crippen molar-refractivity contribution >= 4 is 40.2 Å². The summed E-state index contributed by atoms with van der Waals surface area (Å²) in [5.41, 5.74) is 0.439. The number of rotatable bonds is 9. The second-order valence-electron chi connectivity index (χ2n) is 10.3. The van der Waals surface area contributed by atoms with E-state index in [1.54, 1.807) is 12.1 Å². The number of halogens is 3. The van der Waals surface area contributed by atoms with Crippen LogP contribution in [0.2, 0.25) is 5.02 Å². The van der Waals surface area contributed by atoms with Crippen LogP contribution >= 0.6 is 11.6 Å². The molecule has 4 atom stereocenters. The molecule has 3 amide bonds. The van der Waals surface area contributed by atoms with Crippen LogP contribution in [0.25, 0.3) is 10.9 Å². The number of amides is 3. The monoisotopic (exact) mass is 533 g/mol. The van der Waals surface area contributed by atoms with Crippen molar-refractivity contribution in [2.45, 2.75) is 62.1 Å². The highest BCUT2D eigenvalue weighted by atomic mass is 35.5. The molecule has 12 heteroatoms. The van der Waals surface area contributed by atoms with Crippen molar-refractivity contribution in [2.24, 2.45) is 11.8 Å². The van der Waals surface area contributed by atoms with Gasteiger partial charge in [-0.25, -0.2) is 8.78 Å². The highest BCUT2D eigenvalue weighted by Crippen LogP contribution is 2.51. The quantitative estimate of drug-likeness (QED) is 0.393. The van der Waals surface area contributed by atoms with E-state index in [0.717, 1.165) is 12.8 Å². The van der Waals surface area contributed by atoms with E-state index in [9.17, 15) is 28.4 Å². The number of nitriles is 1. The summed E-state index contributed by atoms with van der Waals surface area (Å²) in [6, 6.07) is 4.39. The van der Waals surface area contributed by atoms with E-state index in [4.69, 9.17) is 16.3 Å². The Bertz CT molecular complexity index is 1320. The van der Waals surface area contributed by atoms with Gasteiger partial charge in [0.15, 0.2) is 0 Å². The van der Waals surface area contributed by atoms with Gasteiger partial charge in [0.2, 0.25) is 11.8 Å². The fourth-order valence-electron chi connectivity index (χ4n) is 5.09. The molecule has 2 heterocycles. The predicted molar refractivity (Wildman–Crippen MR) is 129 cm³/mol. The minimum atomic E-state index is -2.90. The average Bonchev–Trinajstić information content (AvgIpc) is 3.61. The van der Waals surface area contributed by atoms with Gasteiger partial charge in [-0.15, -0.1) is 0 Å². The number of benzene rings is 1. The van der Waals surface area contributed by atoms with Gasteiger partial charge in [0.1, 0.15) is 23.5 Å². The van der Waals surface area contributed by atoms with Crippen molar-refractivity contribution in [3.8, 4) is 11.8 Å². The maximum Gasteiger partial charge on any atom is 0.268 e. The van der Waals surface area contributed by atoms with Crippen LogP contribution in [0.4, 0.5) is 8.78 Å². The van der Waals surface area contributed by atoms with Gasteiger partial charge < -0.3 is 25.7 Å². The third-order valence-electron chi connectivity index (χ3n) is 7.47. The molecule has 1 aromatic carbocycles. The van der Waals surface area contributed by atoms with Gasteiger partial charge in [-0.2, -0.15) is 5.26 Å². The zero-order chi connectivity index (χ0) is 26.5.